The highest BCUT2D eigenvalue weighted by Gasteiger charge is 2.23. The number of hydrogen-bond donors (Lipinski definition) is 0. The third-order valence-electron chi connectivity index (χ3n) is 4.75. The second-order valence-corrected chi connectivity index (χ2v) is 6.30. The van der Waals surface area contributed by atoms with Gasteiger partial charge in [-0.05, 0) is 18.2 Å². The molecule has 3 heterocycles. The lowest BCUT2D eigenvalue weighted by Gasteiger charge is -2.36. The molecule has 0 bridgehead atoms. The van der Waals surface area contributed by atoms with Gasteiger partial charge in [0.1, 0.15) is 5.75 Å². The minimum Gasteiger partial charge on any atom is -0.495 e. The molecule has 7 nitrogen and oxygen atoms in total. The zero-order chi connectivity index (χ0) is 17.9. The fourth-order valence-corrected chi connectivity index (χ4v) is 3.35. The number of methoxy groups -OCH3 is 1. The van der Waals surface area contributed by atoms with Gasteiger partial charge in [-0.3, -0.25) is 9.69 Å². The Morgan fingerprint density at radius 1 is 1.15 bits per heavy atom. The summed E-state index contributed by atoms with van der Waals surface area (Å²) in [4.78, 5) is 21.4. The first kappa shape index (κ1) is 16.5. The van der Waals surface area contributed by atoms with Gasteiger partial charge in [0, 0.05) is 38.6 Å². The van der Waals surface area contributed by atoms with Gasteiger partial charge in [0.15, 0.2) is 11.4 Å². The molecule has 7 heteroatoms. The number of nitrogens with zero attached hydrogens (tertiary/aromatic N) is 5. The number of rotatable bonds is 5. The Balaban J connectivity index is 1.40. The Morgan fingerprint density at radius 2 is 1.96 bits per heavy atom. The van der Waals surface area contributed by atoms with E-state index in [2.05, 4.69) is 25.9 Å². The molecule has 0 atom stereocenters. The number of benzene rings is 1. The van der Waals surface area contributed by atoms with Crippen molar-refractivity contribution in [1.82, 2.24) is 19.5 Å². The molecule has 0 N–H and O–H groups in total. The number of hydrogen-bond acceptors (Lipinski definition) is 6. The molecule has 26 heavy (non-hydrogen) atoms. The Labute approximate surface area is 151 Å². The summed E-state index contributed by atoms with van der Waals surface area (Å²) in [6, 6.07) is 9.84. The number of carbonyl (C=O) groups is 1. The van der Waals surface area contributed by atoms with Gasteiger partial charge in [-0.25, -0.2) is 9.50 Å². The van der Waals surface area contributed by atoms with E-state index in [1.807, 2.05) is 18.2 Å². The van der Waals surface area contributed by atoms with Gasteiger partial charge in [-0.2, -0.15) is 5.10 Å². The fraction of sp³-hybridized carbons (Fsp3) is 0.316. The van der Waals surface area contributed by atoms with Crippen molar-refractivity contribution in [3.8, 4) is 5.75 Å². The van der Waals surface area contributed by atoms with Crippen LogP contribution in [-0.4, -0.2) is 65.1 Å². The molecule has 134 valence electrons. The molecule has 2 aromatic heterocycles. The molecule has 1 aromatic carbocycles. The average Bonchev–Trinajstić information content (AvgIpc) is 3.13. The Kier molecular flexibility index (Phi) is 4.53. The second kappa shape index (κ2) is 7.13. The zero-order valence-electron chi connectivity index (χ0n) is 14.7. The maximum absolute atomic E-state index is 12.7. The van der Waals surface area contributed by atoms with Crippen LogP contribution >= 0.6 is 0 Å². The van der Waals surface area contributed by atoms with E-state index in [0.29, 0.717) is 17.8 Å². The molecule has 1 aliphatic rings. The third kappa shape index (κ3) is 3.13. The van der Waals surface area contributed by atoms with E-state index in [-0.39, 0.29) is 5.78 Å². The Morgan fingerprint density at radius 3 is 2.77 bits per heavy atom. The van der Waals surface area contributed by atoms with Crippen molar-refractivity contribution < 1.29 is 9.53 Å². The van der Waals surface area contributed by atoms with E-state index in [9.17, 15) is 4.79 Å². The highest BCUT2D eigenvalue weighted by molar-refractivity contribution is 6.02. The number of ketones is 1. The maximum Gasteiger partial charge on any atom is 0.182 e. The van der Waals surface area contributed by atoms with Crippen molar-refractivity contribution in [3.63, 3.8) is 0 Å². The van der Waals surface area contributed by atoms with Gasteiger partial charge in [-0.15, -0.1) is 0 Å². The van der Waals surface area contributed by atoms with Crippen LogP contribution in [0.2, 0.25) is 0 Å². The summed E-state index contributed by atoms with van der Waals surface area (Å²) in [5, 5.41) is 4.20. The highest BCUT2D eigenvalue weighted by atomic mass is 16.5. The SMILES string of the molecule is COc1ccccc1N1CCN(CC(=O)c2cnn3cccnc23)CC1. The molecule has 1 saturated heterocycles. The molecule has 4 rings (SSSR count). The van der Waals surface area contributed by atoms with Gasteiger partial charge in [0.2, 0.25) is 0 Å². The molecular formula is C19H21N5O2. The second-order valence-electron chi connectivity index (χ2n) is 6.30. The van der Waals surface area contributed by atoms with Crippen LogP contribution in [-0.2, 0) is 0 Å². The summed E-state index contributed by atoms with van der Waals surface area (Å²) in [6.07, 6.45) is 5.08. The van der Waals surface area contributed by atoms with Gasteiger partial charge >= 0.3 is 0 Å². The smallest absolute Gasteiger partial charge is 0.182 e. The number of carbonyl (C=O) groups excluding carboxylic acids is 1. The number of piperazine rings is 1. The first-order chi connectivity index (χ1) is 12.8. The Hall–Kier alpha value is -2.93. The van der Waals surface area contributed by atoms with Crippen molar-refractivity contribution in [2.75, 3.05) is 44.7 Å². The topological polar surface area (TPSA) is 63.0 Å². The quantitative estimate of drug-likeness (QED) is 0.653. The van der Waals surface area contributed by atoms with Crippen molar-refractivity contribution in [3.05, 3.63) is 54.5 Å². The van der Waals surface area contributed by atoms with Crippen LogP contribution in [0.15, 0.2) is 48.9 Å². The van der Waals surface area contributed by atoms with Crippen molar-refractivity contribution >= 4 is 17.1 Å². The molecule has 3 aromatic rings. The minimum atomic E-state index is 0.0597. The molecule has 0 radical (unpaired) electrons. The number of aromatic nitrogens is 3. The lowest BCUT2D eigenvalue weighted by molar-refractivity contribution is 0.0927. The maximum atomic E-state index is 12.7. The first-order valence-electron chi connectivity index (χ1n) is 8.68. The van der Waals surface area contributed by atoms with Crippen LogP contribution in [0, 0.1) is 0 Å². The van der Waals surface area contributed by atoms with E-state index in [0.717, 1.165) is 37.6 Å². The predicted molar refractivity (Wildman–Crippen MR) is 99.0 cm³/mol. The summed E-state index contributed by atoms with van der Waals surface area (Å²) < 4.78 is 7.09. The zero-order valence-corrected chi connectivity index (χ0v) is 14.7. The molecule has 0 saturated carbocycles. The van der Waals surface area contributed by atoms with Crippen molar-refractivity contribution in [2.24, 2.45) is 0 Å². The standard InChI is InChI=1S/C19H21N5O2/c1-26-18-6-3-2-5-16(18)23-11-9-22(10-12-23)14-17(25)15-13-21-24-8-4-7-20-19(15)24/h2-8,13H,9-12,14H2,1H3. The van der Waals surface area contributed by atoms with Gasteiger partial charge in [-0.1, -0.05) is 12.1 Å². The van der Waals surface area contributed by atoms with E-state index in [4.69, 9.17) is 4.74 Å². The van der Waals surface area contributed by atoms with Gasteiger partial charge in [0.25, 0.3) is 0 Å². The van der Waals surface area contributed by atoms with Crippen LogP contribution in [0.25, 0.3) is 5.65 Å². The molecule has 0 unspecified atom stereocenters. The number of fused-ring (bicyclic) bond motifs is 1. The van der Waals surface area contributed by atoms with Gasteiger partial charge < -0.3 is 9.64 Å². The predicted octanol–water partition coefficient (Wildman–Crippen LogP) is 1.74. The molecule has 0 aliphatic carbocycles. The highest BCUT2D eigenvalue weighted by Crippen LogP contribution is 2.28. The molecule has 0 spiro atoms. The number of para-hydroxylation sites is 2. The fourth-order valence-electron chi connectivity index (χ4n) is 3.35. The van der Waals surface area contributed by atoms with Gasteiger partial charge in [0.05, 0.1) is 31.1 Å². The summed E-state index contributed by atoms with van der Waals surface area (Å²) in [6.45, 7) is 3.77. The lowest BCUT2D eigenvalue weighted by Crippen LogP contribution is -2.48. The lowest BCUT2D eigenvalue weighted by atomic mass is 10.2. The van der Waals surface area contributed by atoms with Crippen LogP contribution in [0.5, 0.6) is 5.75 Å². The van der Waals surface area contributed by atoms with Crippen LogP contribution in [0.1, 0.15) is 10.4 Å². The van der Waals surface area contributed by atoms with E-state index < -0.39 is 0 Å². The summed E-state index contributed by atoms with van der Waals surface area (Å²) in [5.74, 6) is 0.943. The summed E-state index contributed by atoms with van der Waals surface area (Å²) in [5.41, 5.74) is 2.30. The van der Waals surface area contributed by atoms with Crippen LogP contribution in [0.3, 0.4) is 0 Å². The Bertz CT molecular complexity index is 915. The average molecular weight is 351 g/mol. The van der Waals surface area contributed by atoms with E-state index >= 15 is 0 Å². The van der Waals surface area contributed by atoms with Crippen molar-refractivity contribution in [1.29, 1.82) is 0 Å². The molecule has 1 aliphatic heterocycles. The summed E-state index contributed by atoms with van der Waals surface area (Å²) in [7, 11) is 1.69. The van der Waals surface area contributed by atoms with Crippen LogP contribution in [0.4, 0.5) is 5.69 Å². The number of ether oxygens (including phenoxy) is 1. The first-order valence-corrected chi connectivity index (χ1v) is 8.68. The van der Waals surface area contributed by atoms with E-state index in [1.165, 1.54) is 0 Å². The normalized spacial score (nSPS) is 15.3. The van der Waals surface area contributed by atoms with E-state index in [1.54, 1.807) is 36.3 Å². The monoisotopic (exact) mass is 351 g/mol. The van der Waals surface area contributed by atoms with Crippen LogP contribution < -0.4 is 9.64 Å². The number of Topliss-reactive ketones (excluding diaryl/α,β-unsaturated/α-hetero) is 1. The largest absolute Gasteiger partial charge is 0.495 e. The molecule has 0 amide bonds. The third-order valence-corrected chi connectivity index (χ3v) is 4.75. The summed E-state index contributed by atoms with van der Waals surface area (Å²) >= 11 is 0. The van der Waals surface area contributed by atoms with Crippen molar-refractivity contribution in [2.45, 2.75) is 0 Å². The number of anilines is 1. The molecule has 1 fully saturated rings. The minimum absolute atomic E-state index is 0.0597. The molecular weight excluding hydrogens is 330 g/mol.